The molecule has 0 aliphatic rings. The summed E-state index contributed by atoms with van der Waals surface area (Å²) >= 11 is 6.33. The SMILES string of the molecule is CCOC(=O)CCC(=O)N(Cc1ccccc1)Cc1cccn1Cc1ccccc1Cl. The van der Waals surface area contributed by atoms with E-state index >= 15 is 0 Å². The number of nitrogens with zero attached hydrogens (tertiary/aromatic N) is 2. The van der Waals surface area contributed by atoms with E-state index in [2.05, 4.69) is 4.57 Å². The van der Waals surface area contributed by atoms with Gasteiger partial charge in [-0.15, -0.1) is 0 Å². The Hall–Kier alpha value is -3.05. The molecule has 31 heavy (non-hydrogen) atoms. The standard InChI is InChI=1S/C25H27ClN2O3/c1-2-31-25(30)15-14-24(29)28(17-20-9-4-3-5-10-20)19-22-12-8-16-27(22)18-21-11-6-7-13-23(21)26/h3-13,16H,2,14-15,17-19H2,1H3. The third-order valence-corrected chi connectivity index (χ3v) is 5.36. The van der Waals surface area contributed by atoms with E-state index in [1.165, 1.54) is 0 Å². The lowest BCUT2D eigenvalue weighted by Crippen LogP contribution is -2.31. The van der Waals surface area contributed by atoms with Gasteiger partial charge in [0.05, 0.1) is 19.6 Å². The van der Waals surface area contributed by atoms with Crippen LogP contribution in [-0.2, 0) is 34.0 Å². The van der Waals surface area contributed by atoms with E-state index in [9.17, 15) is 9.59 Å². The second-order valence-corrected chi connectivity index (χ2v) is 7.67. The first-order valence-electron chi connectivity index (χ1n) is 10.4. The van der Waals surface area contributed by atoms with E-state index in [1.807, 2.05) is 72.9 Å². The second-order valence-electron chi connectivity index (χ2n) is 7.26. The molecule has 0 aliphatic heterocycles. The lowest BCUT2D eigenvalue weighted by molar-refractivity contribution is -0.146. The predicted octanol–water partition coefficient (Wildman–Crippen LogP) is 5.06. The molecule has 0 fully saturated rings. The fourth-order valence-corrected chi connectivity index (χ4v) is 3.58. The molecule has 0 saturated carbocycles. The van der Waals surface area contributed by atoms with Crippen LogP contribution >= 0.6 is 11.6 Å². The molecule has 5 nitrogen and oxygen atoms in total. The van der Waals surface area contributed by atoms with Gasteiger partial charge in [-0.3, -0.25) is 9.59 Å². The highest BCUT2D eigenvalue weighted by atomic mass is 35.5. The van der Waals surface area contributed by atoms with Crippen molar-refractivity contribution in [2.75, 3.05) is 6.61 Å². The van der Waals surface area contributed by atoms with E-state index in [4.69, 9.17) is 16.3 Å². The fraction of sp³-hybridized carbons (Fsp3) is 0.280. The molecule has 0 atom stereocenters. The summed E-state index contributed by atoms with van der Waals surface area (Å²) in [5, 5.41) is 0.716. The Morgan fingerprint density at radius 1 is 0.935 bits per heavy atom. The molecule has 0 aliphatic carbocycles. The van der Waals surface area contributed by atoms with Crippen LogP contribution in [0.3, 0.4) is 0 Å². The quantitative estimate of drug-likeness (QED) is 0.415. The van der Waals surface area contributed by atoms with Crippen LogP contribution in [0.4, 0.5) is 0 Å². The molecule has 3 rings (SSSR count). The van der Waals surface area contributed by atoms with E-state index in [0.29, 0.717) is 31.3 Å². The zero-order chi connectivity index (χ0) is 22.1. The highest BCUT2D eigenvalue weighted by Gasteiger charge is 2.18. The van der Waals surface area contributed by atoms with Crippen molar-refractivity contribution in [3.63, 3.8) is 0 Å². The van der Waals surface area contributed by atoms with Crippen molar-refractivity contribution < 1.29 is 14.3 Å². The molecule has 0 saturated heterocycles. The smallest absolute Gasteiger partial charge is 0.306 e. The first-order chi connectivity index (χ1) is 15.1. The lowest BCUT2D eigenvalue weighted by Gasteiger charge is -2.24. The number of amides is 1. The first-order valence-corrected chi connectivity index (χ1v) is 10.8. The molecule has 3 aromatic rings. The molecule has 1 heterocycles. The molecule has 0 N–H and O–H groups in total. The van der Waals surface area contributed by atoms with Crippen molar-refractivity contribution in [3.8, 4) is 0 Å². The topological polar surface area (TPSA) is 51.5 Å². The van der Waals surface area contributed by atoms with Crippen LogP contribution in [0.5, 0.6) is 0 Å². The van der Waals surface area contributed by atoms with E-state index in [0.717, 1.165) is 16.8 Å². The van der Waals surface area contributed by atoms with Gasteiger partial charge in [0.2, 0.25) is 5.91 Å². The summed E-state index contributed by atoms with van der Waals surface area (Å²) < 4.78 is 7.06. The number of carbonyl (C=O) groups excluding carboxylic acids is 2. The normalized spacial score (nSPS) is 10.6. The van der Waals surface area contributed by atoms with Crippen molar-refractivity contribution in [1.82, 2.24) is 9.47 Å². The van der Waals surface area contributed by atoms with Crippen molar-refractivity contribution in [3.05, 3.63) is 94.8 Å². The lowest BCUT2D eigenvalue weighted by atomic mass is 10.2. The third-order valence-electron chi connectivity index (χ3n) is 4.99. The second kappa shape index (κ2) is 11.4. The molecule has 0 spiro atoms. The van der Waals surface area contributed by atoms with Crippen molar-refractivity contribution in [2.24, 2.45) is 0 Å². The number of hydrogen-bond donors (Lipinski definition) is 0. The van der Waals surface area contributed by atoms with E-state index < -0.39 is 0 Å². The molecule has 1 amide bonds. The van der Waals surface area contributed by atoms with Crippen LogP contribution in [0.25, 0.3) is 0 Å². The third kappa shape index (κ3) is 6.72. The fourth-order valence-electron chi connectivity index (χ4n) is 3.39. The number of aromatic nitrogens is 1. The Morgan fingerprint density at radius 3 is 2.42 bits per heavy atom. The maximum atomic E-state index is 13.0. The Kier molecular flexibility index (Phi) is 8.30. The molecule has 6 heteroatoms. The largest absolute Gasteiger partial charge is 0.466 e. The zero-order valence-electron chi connectivity index (χ0n) is 17.7. The molecular formula is C25H27ClN2O3. The summed E-state index contributed by atoms with van der Waals surface area (Å²) in [5.74, 6) is -0.431. The number of benzene rings is 2. The highest BCUT2D eigenvalue weighted by Crippen LogP contribution is 2.19. The molecule has 162 valence electrons. The first kappa shape index (κ1) is 22.6. The van der Waals surface area contributed by atoms with Gasteiger partial charge in [0.1, 0.15) is 0 Å². The van der Waals surface area contributed by atoms with Gasteiger partial charge in [-0.25, -0.2) is 0 Å². The zero-order valence-corrected chi connectivity index (χ0v) is 18.4. The maximum Gasteiger partial charge on any atom is 0.306 e. The Morgan fingerprint density at radius 2 is 1.68 bits per heavy atom. The van der Waals surface area contributed by atoms with Crippen molar-refractivity contribution in [2.45, 2.75) is 39.4 Å². The molecule has 2 aromatic carbocycles. The van der Waals surface area contributed by atoms with Crippen LogP contribution < -0.4 is 0 Å². The van der Waals surface area contributed by atoms with Crippen LogP contribution in [0.1, 0.15) is 36.6 Å². The number of ether oxygens (including phenoxy) is 1. The monoisotopic (exact) mass is 438 g/mol. The van der Waals surface area contributed by atoms with Gasteiger partial charge in [-0.2, -0.15) is 0 Å². The predicted molar refractivity (Wildman–Crippen MR) is 122 cm³/mol. The minimum absolute atomic E-state index is 0.0811. The van der Waals surface area contributed by atoms with Crippen LogP contribution in [-0.4, -0.2) is 28.0 Å². The number of hydrogen-bond acceptors (Lipinski definition) is 3. The van der Waals surface area contributed by atoms with Crippen molar-refractivity contribution in [1.29, 1.82) is 0 Å². The minimum Gasteiger partial charge on any atom is -0.466 e. The van der Waals surface area contributed by atoms with E-state index in [1.54, 1.807) is 11.8 Å². The number of rotatable bonds is 10. The maximum absolute atomic E-state index is 13.0. The summed E-state index contributed by atoms with van der Waals surface area (Å²) in [5.41, 5.74) is 3.06. The molecule has 1 aromatic heterocycles. The average molecular weight is 439 g/mol. The molecule has 0 bridgehead atoms. The van der Waals surface area contributed by atoms with Crippen molar-refractivity contribution >= 4 is 23.5 Å². The number of carbonyl (C=O) groups is 2. The van der Waals surface area contributed by atoms with Gasteiger partial charge in [0, 0.05) is 36.4 Å². The Bertz CT molecular complexity index is 1000. The molecule has 0 radical (unpaired) electrons. The van der Waals surface area contributed by atoms with Crippen LogP contribution in [0.15, 0.2) is 72.9 Å². The average Bonchev–Trinajstić information content (AvgIpc) is 3.21. The summed E-state index contributed by atoms with van der Waals surface area (Å²) in [6.07, 6.45) is 2.19. The summed E-state index contributed by atoms with van der Waals surface area (Å²) in [4.78, 5) is 26.5. The Labute approximate surface area is 188 Å². The van der Waals surface area contributed by atoms with Crippen LogP contribution in [0, 0.1) is 0 Å². The summed E-state index contributed by atoms with van der Waals surface area (Å²) in [6, 6.07) is 21.6. The highest BCUT2D eigenvalue weighted by molar-refractivity contribution is 6.31. The van der Waals surface area contributed by atoms with E-state index in [-0.39, 0.29) is 24.7 Å². The van der Waals surface area contributed by atoms with Crippen LogP contribution in [0.2, 0.25) is 5.02 Å². The van der Waals surface area contributed by atoms with Gasteiger partial charge >= 0.3 is 5.97 Å². The number of halogens is 1. The van der Waals surface area contributed by atoms with Gasteiger partial charge in [-0.1, -0.05) is 60.1 Å². The van der Waals surface area contributed by atoms with Gasteiger partial charge < -0.3 is 14.2 Å². The number of esters is 1. The van der Waals surface area contributed by atoms with Gasteiger partial charge in [0.15, 0.2) is 0 Å². The van der Waals surface area contributed by atoms with Gasteiger partial charge in [0.25, 0.3) is 0 Å². The van der Waals surface area contributed by atoms with Gasteiger partial charge in [-0.05, 0) is 36.2 Å². The molecular weight excluding hydrogens is 412 g/mol. The summed E-state index contributed by atoms with van der Waals surface area (Å²) in [6.45, 7) is 3.61. The minimum atomic E-state index is -0.349. The summed E-state index contributed by atoms with van der Waals surface area (Å²) in [7, 11) is 0. The Balaban J connectivity index is 1.75. The molecule has 0 unspecified atom stereocenters.